The van der Waals surface area contributed by atoms with E-state index in [9.17, 15) is 9.59 Å². The lowest BCUT2D eigenvalue weighted by atomic mass is 10.2. The summed E-state index contributed by atoms with van der Waals surface area (Å²) in [6, 6.07) is 5.70. The Morgan fingerprint density at radius 2 is 2.24 bits per heavy atom. The number of benzene rings is 1. The maximum absolute atomic E-state index is 11.0. The molecule has 4 nitrogen and oxygen atoms in total. The maximum Gasteiger partial charge on any atom is 0.219 e. The van der Waals surface area contributed by atoms with Crippen LogP contribution >= 0.6 is 15.9 Å². The van der Waals surface area contributed by atoms with Gasteiger partial charge >= 0.3 is 0 Å². The van der Waals surface area contributed by atoms with Gasteiger partial charge in [-0.25, -0.2) is 0 Å². The van der Waals surface area contributed by atoms with Gasteiger partial charge in [0.15, 0.2) is 6.29 Å². The minimum atomic E-state index is -0.350. The van der Waals surface area contributed by atoms with Crippen LogP contribution in [-0.4, -0.2) is 16.8 Å². The summed E-state index contributed by atoms with van der Waals surface area (Å²) < 4.78 is 2.79. The number of aromatic nitrogens is 1. The zero-order valence-corrected chi connectivity index (χ0v) is 10.6. The predicted molar refractivity (Wildman–Crippen MR) is 68.8 cm³/mol. The Hall–Kier alpha value is -1.62. The number of rotatable bonds is 4. The SMILES string of the molecule is NC(=O)CCn1cc(C=O)c2cc(Br)ccc21. The molecule has 0 bridgehead atoms. The summed E-state index contributed by atoms with van der Waals surface area (Å²) >= 11 is 3.37. The van der Waals surface area contributed by atoms with Crippen LogP contribution in [-0.2, 0) is 11.3 Å². The lowest BCUT2D eigenvalue weighted by Crippen LogP contribution is -2.13. The number of nitrogens with two attached hydrogens (primary N) is 1. The number of amides is 1. The van der Waals surface area contributed by atoms with Crippen molar-refractivity contribution in [3.05, 3.63) is 34.4 Å². The number of aldehydes is 1. The van der Waals surface area contributed by atoms with Crippen LogP contribution in [0.2, 0.25) is 0 Å². The first-order valence-corrected chi connectivity index (χ1v) is 5.93. The van der Waals surface area contributed by atoms with Crippen LogP contribution in [0.25, 0.3) is 10.9 Å². The molecule has 1 heterocycles. The van der Waals surface area contributed by atoms with Crippen molar-refractivity contribution in [2.24, 2.45) is 5.73 Å². The van der Waals surface area contributed by atoms with Gasteiger partial charge < -0.3 is 10.3 Å². The van der Waals surface area contributed by atoms with E-state index < -0.39 is 0 Å². The van der Waals surface area contributed by atoms with Crippen LogP contribution < -0.4 is 5.73 Å². The van der Waals surface area contributed by atoms with Crippen molar-refractivity contribution >= 4 is 39.0 Å². The van der Waals surface area contributed by atoms with Crippen molar-refractivity contribution < 1.29 is 9.59 Å². The molecule has 88 valence electrons. The van der Waals surface area contributed by atoms with E-state index in [1.807, 2.05) is 22.8 Å². The highest BCUT2D eigenvalue weighted by Crippen LogP contribution is 2.24. The van der Waals surface area contributed by atoms with E-state index >= 15 is 0 Å². The Bertz CT molecular complexity index is 589. The van der Waals surface area contributed by atoms with E-state index in [4.69, 9.17) is 5.73 Å². The maximum atomic E-state index is 11.0. The Labute approximate surface area is 107 Å². The van der Waals surface area contributed by atoms with Crippen molar-refractivity contribution in [1.82, 2.24) is 4.57 Å². The van der Waals surface area contributed by atoms with Gasteiger partial charge in [0.1, 0.15) is 0 Å². The van der Waals surface area contributed by atoms with Crippen molar-refractivity contribution in [3.63, 3.8) is 0 Å². The van der Waals surface area contributed by atoms with Gasteiger partial charge in [0, 0.05) is 40.1 Å². The van der Waals surface area contributed by atoms with Crippen molar-refractivity contribution in [2.45, 2.75) is 13.0 Å². The highest BCUT2D eigenvalue weighted by Gasteiger charge is 2.08. The summed E-state index contributed by atoms with van der Waals surface area (Å²) in [5, 5.41) is 0.874. The topological polar surface area (TPSA) is 65.1 Å². The fraction of sp³-hybridized carbons (Fsp3) is 0.167. The Kier molecular flexibility index (Phi) is 3.28. The van der Waals surface area contributed by atoms with E-state index in [-0.39, 0.29) is 12.3 Å². The minimum Gasteiger partial charge on any atom is -0.370 e. The second-order valence-corrected chi connectivity index (χ2v) is 4.69. The van der Waals surface area contributed by atoms with Crippen LogP contribution in [0.4, 0.5) is 0 Å². The fourth-order valence-corrected chi connectivity index (χ4v) is 2.17. The smallest absolute Gasteiger partial charge is 0.219 e. The number of aryl methyl sites for hydroxylation is 1. The molecule has 0 aliphatic carbocycles. The minimum absolute atomic E-state index is 0.262. The number of hydrogen-bond acceptors (Lipinski definition) is 2. The van der Waals surface area contributed by atoms with Gasteiger partial charge in [-0.15, -0.1) is 0 Å². The van der Waals surface area contributed by atoms with Gasteiger partial charge in [-0.3, -0.25) is 9.59 Å². The van der Waals surface area contributed by atoms with Crippen molar-refractivity contribution in [3.8, 4) is 0 Å². The first kappa shape index (κ1) is 11.9. The van der Waals surface area contributed by atoms with E-state index in [1.165, 1.54) is 0 Å². The summed E-state index contributed by atoms with van der Waals surface area (Å²) in [5.41, 5.74) is 6.66. The molecule has 2 N–H and O–H groups in total. The molecule has 17 heavy (non-hydrogen) atoms. The molecule has 2 rings (SSSR count). The molecule has 1 amide bonds. The summed E-state index contributed by atoms with van der Waals surface area (Å²) in [6.45, 7) is 0.487. The molecule has 0 spiro atoms. The third-order valence-electron chi connectivity index (χ3n) is 2.60. The average Bonchev–Trinajstić information content (AvgIpc) is 2.63. The van der Waals surface area contributed by atoms with Crippen LogP contribution in [0.5, 0.6) is 0 Å². The molecule has 0 aliphatic rings. The first-order valence-electron chi connectivity index (χ1n) is 5.13. The molecule has 1 aromatic carbocycles. The summed E-state index contributed by atoms with van der Waals surface area (Å²) in [6.07, 6.45) is 2.82. The third-order valence-corrected chi connectivity index (χ3v) is 3.09. The third kappa shape index (κ3) is 2.39. The molecule has 0 saturated heterocycles. The number of nitrogens with zero attached hydrogens (tertiary/aromatic N) is 1. The molecule has 0 atom stereocenters. The summed E-state index contributed by atoms with van der Waals surface area (Å²) in [7, 11) is 0. The quantitative estimate of drug-likeness (QED) is 0.878. The normalized spacial score (nSPS) is 10.6. The number of halogens is 1. The molecule has 0 saturated carbocycles. The monoisotopic (exact) mass is 294 g/mol. The molecule has 1 aromatic heterocycles. The molecule has 5 heteroatoms. The average molecular weight is 295 g/mol. The predicted octanol–water partition coefficient (Wildman–Crippen LogP) is 2.09. The van der Waals surface area contributed by atoms with Crippen molar-refractivity contribution in [2.75, 3.05) is 0 Å². The second-order valence-electron chi connectivity index (χ2n) is 3.77. The van der Waals surface area contributed by atoms with Crippen LogP contribution in [0.3, 0.4) is 0 Å². The number of hydrogen-bond donors (Lipinski definition) is 1. The number of fused-ring (bicyclic) bond motifs is 1. The van der Waals surface area contributed by atoms with E-state index in [0.29, 0.717) is 12.1 Å². The van der Waals surface area contributed by atoms with E-state index in [2.05, 4.69) is 15.9 Å². The molecule has 0 aliphatic heterocycles. The first-order chi connectivity index (χ1) is 8.11. The zero-order chi connectivity index (χ0) is 12.4. The van der Waals surface area contributed by atoms with E-state index in [0.717, 1.165) is 21.7 Å². The van der Waals surface area contributed by atoms with Gasteiger partial charge in [-0.1, -0.05) is 15.9 Å². The van der Waals surface area contributed by atoms with Gasteiger partial charge in [0.25, 0.3) is 0 Å². The zero-order valence-electron chi connectivity index (χ0n) is 9.02. The van der Waals surface area contributed by atoms with Gasteiger partial charge in [0.2, 0.25) is 5.91 Å². The molecular weight excluding hydrogens is 284 g/mol. The molecule has 2 aromatic rings. The highest BCUT2D eigenvalue weighted by molar-refractivity contribution is 9.10. The summed E-state index contributed by atoms with van der Waals surface area (Å²) in [5.74, 6) is -0.350. The number of carbonyl (C=O) groups is 2. The van der Waals surface area contributed by atoms with Crippen LogP contribution in [0, 0.1) is 0 Å². The van der Waals surface area contributed by atoms with Gasteiger partial charge in [-0.05, 0) is 18.2 Å². The Balaban J connectivity index is 2.49. The summed E-state index contributed by atoms with van der Waals surface area (Å²) in [4.78, 5) is 21.7. The van der Waals surface area contributed by atoms with Crippen LogP contribution in [0.1, 0.15) is 16.8 Å². The van der Waals surface area contributed by atoms with Gasteiger partial charge in [-0.2, -0.15) is 0 Å². The van der Waals surface area contributed by atoms with Gasteiger partial charge in [0.05, 0.1) is 0 Å². The standard InChI is InChI=1S/C12H11BrN2O2/c13-9-1-2-11-10(5-9)8(7-16)6-15(11)4-3-12(14)17/h1-2,5-7H,3-4H2,(H2,14,17). The fourth-order valence-electron chi connectivity index (χ4n) is 1.81. The lowest BCUT2D eigenvalue weighted by molar-refractivity contribution is -0.118. The molecular formula is C12H11BrN2O2. The largest absolute Gasteiger partial charge is 0.370 e. The Morgan fingerprint density at radius 3 is 2.88 bits per heavy atom. The second kappa shape index (κ2) is 4.71. The van der Waals surface area contributed by atoms with Crippen molar-refractivity contribution in [1.29, 1.82) is 0 Å². The molecule has 0 unspecified atom stereocenters. The number of carbonyl (C=O) groups excluding carboxylic acids is 2. The molecule has 0 radical (unpaired) electrons. The Morgan fingerprint density at radius 1 is 1.47 bits per heavy atom. The van der Waals surface area contributed by atoms with E-state index in [1.54, 1.807) is 6.20 Å². The lowest BCUT2D eigenvalue weighted by Gasteiger charge is -2.02. The highest BCUT2D eigenvalue weighted by atomic mass is 79.9. The molecule has 0 fully saturated rings. The van der Waals surface area contributed by atoms with Crippen LogP contribution in [0.15, 0.2) is 28.9 Å². The number of primary amides is 1.